The molecule has 3 aliphatic rings. The van der Waals surface area contributed by atoms with Crippen LogP contribution in [-0.4, -0.2) is 67.3 Å². The zero-order valence-electron chi connectivity index (χ0n) is 18.5. The Balaban J connectivity index is 1.32. The summed E-state index contributed by atoms with van der Waals surface area (Å²) in [7, 11) is 0. The van der Waals surface area contributed by atoms with Gasteiger partial charge in [-0.05, 0) is 48.9 Å². The van der Waals surface area contributed by atoms with Gasteiger partial charge in [0.2, 0.25) is 5.91 Å². The fourth-order valence-electron chi connectivity index (χ4n) is 4.43. The maximum atomic E-state index is 13.5. The molecule has 5 rings (SSSR count). The molecule has 33 heavy (non-hydrogen) atoms. The molecule has 0 radical (unpaired) electrons. The van der Waals surface area contributed by atoms with Crippen molar-refractivity contribution in [2.24, 2.45) is 10.5 Å². The normalized spacial score (nSPS) is 28.0. The number of hydrogen-bond donors (Lipinski definition) is 0. The standard InChI is InChI=1S/C24H27FN4O4/c1-24(23(30)28-10-12-31-13-11-28)15-32-22(33-16-24)20-14-21(17-6-8-26-9-7-17)29(27-20)19-4-2-18(25)3-5-19/h2-9,21-22H,10-16H2,1H3. The fraction of sp³-hybridized carbons (Fsp3) is 0.458. The predicted molar refractivity (Wildman–Crippen MR) is 119 cm³/mol. The lowest BCUT2D eigenvalue weighted by atomic mass is 9.89. The lowest BCUT2D eigenvalue weighted by molar-refractivity contribution is -0.203. The summed E-state index contributed by atoms with van der Waals surface area (Å²) < 4.78 is 30.9. The van der Waals surface area contributed by atoms with E-state index in [1.807, 2.05) is 29.0 Å². The van der Waals surface area contributed by atoms with Crippen molar-refractivity contribution < 1.29 is 23.4 Å². The second-order valence-corrected chi connectivity index (χ2v) is 8.83. The highest BCUT2D eigenvalue weighted by atomic mass is 19.1. The van der Waals surface area contributed by atoms with E-state index in [9.17, 15) is 9.18 Å². The van der Waals surface area contributed by atoms with Crippen LogP contribution in [-0.2, 0) is 19.0 Å². The molecule has 174 valence electrons. The molecule has 9 heteroatoms. The maximum absolute atomic E-state index is 13.5. The molecule has 2 fully saturated rings. The molecule has 2 aromatic rings. The van der Waals surface area contributed by atoms with Crippen molar-refractivity contribution in [2.45, 2.75) is 25.7 Å². The van der Waals surface area contributed by atoms with Gasteiger partial charge in [-0.1, -0.05) is 0 Å². The molecule has 2 saturated heterocycles. The van der Waals surface area contributed by atoms with Gasteiger partial charge in [0.1, 0.15) is 5.82 Å². The van der Waals surface area contributed by atoms with Crippen molar-refractivity contribution in [3.8, 4) is 0 Å². The smallest absolute Gasteiger partial charge is 0.233 e. The van der Waals surface area contributed by atoms with E-state index >= 15 is 0 Å². The molecule has 0 aliphatic carbocycles. The van der Waals surface area contributed by atoms with Gasteiger partial charge in [0.05, 0.1) is 49.3 Å². The molecular formula is C24H27FN4O4. The van der Waals surface area contributed by atoms with Gasteiger partial charge >= 0.3 is 0 Å². The molecule has 1 unspecified atom stereocenters. The summed E-state index contributed by atoms with van der Waals surface area (Å²) >= 11 is 0. The molecule has 1 atom stereocenters. The maximum Gasteiger partial charge on any atom is 0.233 e. The first-order chi connectivity index (χ1) is 16.0. The molecule has 0 N–H and O–H groups in total. The van der Waals surface area contributed by atoms with Gasteiger partial charge in [-0.2, -0.15) is 5.10 Å². The topological polar surface area (TPSA) is 76.5 Å². The summed E-state index contributed by atoms with van der Waals surface area (Å²) in [6.45, 7) is 4.67. The van der Waals surface area contributed by atoms with Crippen LogP contribution in [0.3, 0.4) is 0 Å². The number of rotatable bonds is 4. The lowest BCUT2D eigenvalue weighted by Crippen LogP contribution is -2.54. The van der Waals surface area contributed by atoms with Crippen LogP contribution >= 0.6 is 0 Å². The Kier molecular flexibility index (Phi) is 6.09. The van der Waals surface area contributed by atoms with Crippen LogP contribution in [0.2, 0.25) is 0 Å². The third kappa shape index (κ3) is 4.48. The Labute approximate surface area is 191 Å². The number of pyridine rings is 1. The van der Waals surface area contributed by atoms with Crippen LogP contribution in [0.25, 0.3) is 0 Å². The summed E-state index contributed by atoms with van der Waals surface area (Å²) in [4.78, 5) is 19.0. The number of amides is 1. The van der Waals surface area contributed by atoms with E-state index in [0.717, 1.165) is 17.0 Å². The van der Waals surface area contributed by atoms with E-state index in [-0.39, 0.29) is 31.0 Å². The van der Waals surface area contributed by atoms with Crippen LogP contribution in [0.15, 0.2) is 53.9 Å². The van der Waals surface area contributed by atoms with Crippen LogP contribution in [0.5, 0.6) is 0 Å². The number of hydrogen-bond acceptors (Lipinski definition) is 7. The number of nitrogens with zero attached hydrogens (tertiary/aromatic N) is 4. The third-order valence-corrected chi connectivity index (χ3v) is 6.31. The van der Waals surface area contributed by atoms with E-state index in [1.54, 1.807) is 24.5 Å². The number of carbonyl (C=O) groups is 1. The lowest BCUT2D eigenvalue weighted by Gasteiger charge is -2.40. The Morgan fingerprint density at radius 2 is 1.73 bits per heavy atom. The van der Waals surface area contributed by atoms with Crippen LogP contribution in [0.4, 0.5) is 10.1 Å². The van der Waals surface area contributed by atoms with Crippen molar-refractivity contribution in [1.82, 2.24) is 9.88 Å². The number of anilines is 1. The average Bonchev–Trinajstić information content (AvgIpc) is 3.31. The van der Waals surface area contributed by atoms with Gasteiger partial charge in [0.25, 0.3) is 0 Å². The Morgan fingerprint density at radius 3 is 2.39 bits per heavy atom. The molecule has 0 spiro atoms. The first-order valence-electron chi connectivity index (χ1n) is 11.2. The van der Waals surface area contributed by atoms with Gasteiger partial charge in [-0.15, -0.1) is 0 Å². The van der Waals surface area contributed by atoms with Gasteiger partial charge in [-0.25, -0.2) is 4.39 Å². The van der Waals surface area contributed by atoms with Crippen molar-refractivity contribution >= 4 is 17.3 Å². The second kappa shape index (κ2) is 9.17. The highest BCUT2D eigenvalue weighted by Crippen LogP contribution is 2.37. The van der Waals surface area contributed by atoms with Gasteiger partial charge in [0.15, 0.2) is 6.29 Å². The molecule has 0 bridgehead atoms. The summed E-state index contributed by atoms with van der Waals surface area (Å²) in [6, 6.07) is 10.0. The number of halogens is 1. The number of benzene rings is 1. The Hall–Kier alpha value is -2.88. The van der Waals surface area contributed by atoms with Crippen molar-refractivity contribution in [3.05, 3.63) is 60.2 Å². The molecule has 8 nitrogen and oxygen atoms in total. The van der Waals surface area contributed by atoms with Crippen molar-refractivity contribution in [3.63, 3.8) is 0 Å². The highest BCUT2D eigenvalue weighted by molar-refractivity contribution is 5.92. The first-order valence-corrected chi connectivity index (χ1v) is 11.2. The fourth-order valence-corrected chi connectivity index (χ4v) is 4.43. The third-order valence-electron chi connectivity index (χ3n) is 6.31. The van der Waals surface area contributed by atoms with Crippen molar-refractivity contribution in [1.29, 1.82) is 0 Å². The second-order valence-electron chi connectivity index (χ2n) is 8.83. The zero-order valence-corrected chi connectivity index (χ0v) is 18.5. The molecule has 1 amide bonds. The molecular weight excluding hydrogens is 427 g/mol. The van der Waals surface area contributed by atoms with Crippen LogP contribution in [0.1, 0.15) is 24.9 Å². The predicted octanol–water partition coefficient (Wildman–Crippen LogP) is 2.77. The summed E-state index contributed by atoms with van der Waals surface area (Å²) in [5, 5.41) is 6.66. The minimum Gasteiger partial charge on any atom is -0.378 e. The van der Waals surface area contributed by atoms with Gasteiger partial charge in [-0.3, -0.25) is 14.8 Å². The highest BCUT2D eigenvalue weighted by Gasteiger charge is 2.44. The molecule has 3 aliphatic heterocycles. The average molecular weight is 455 g/mol. The molecule has 0 saturated carbocycles. The van der Waals surface area contributed by atoms with Crippen LogP contribution in [0, 0.1) is 11.2 Å². The Morgan fingerprint density at radius 1 is 1.06 bits per heavy atom. The monoisotopic (exact) mass is 454 g/mol. The number of ether oxygens (including phenoxy) is 3. The molecule has 4 heterocycles. The molecule has 1 aromatic heterocycles. The molecule has 1 aromatic carbocycles. The largest absolute Gasteiger partial charge is 0.378 e. The van der Waals surface area contributed by atoms with Crippen LogP contribution < -0.4 is 5.01 Å². The van der Waals surface area contributed by atoms with E-state index in [4.69, 9.17) is 19.3 Å². The summed E-state index contributed by atoms with van der Waals surface area (Å²) in [5.74, 6) is -0.272. The van der Waals surface area contributed by atoms with Gasteiger partial charge in [0, 0.05) is 31.9 Å². The van der Waals surface area contributed by atoms with E-state index < -0.39 is 11.7 Å². The summed E-state index contributed by atoms with van der Waals surface area (Å²) in [5.41, 5.74) is 1.81. The van der Waals surface area contributed by atoms with E-state index in [2.05, 4.69) is 4.98 Å². The SMILES string of the molecule is CC1(C(=O)N2CCOCC2)COC(C2=NN(c3ccc(F)cc3)C(c3ccncc3)C2)OC1. The number of morpholine rings is 1. The zero-order chi connectivity index (χ0) is 22.8. The quantitative estimate of drug-likeness (QED) is 0.707. The van der Waals surface area contributed by atoms with E-state index in [1.165, 1.54) is 12.1 Å². The van der Waals surface area contributed by atoms with Gasteiger partial charge < -0.3 is 19.1 Å². The first kappa shape index (κ1) is 21.9. The number of carbonyl (C=O) groups excluding carboxylic acids is 1. The van der Waals surface area contributed by atoms with Crippen molar-refractivity contribution in [2.75, 3.05) is 44.5 Å². The minimum atomic E-state index is -0.742. The minimum absolute atomic E-state index is 0.0280. The summed E-state index contributed by atoms with van der Waals surface area (Å²) in [6.07, 6.45) is 3.43. The van der Waals surface area contributed by atoms with E-state index in [0.29, 0.717) is 32.7 Å². The number of aromatic nitrogens is 1. The number of hydrazone groups is 1. The Bertz CT molecular complexity index is 1000.